The van der Waals surface area contributed by atoms with Gasteiger partial charge in [0.05, 0.1) is 24.5 Å². The molecular weight excluding hydrogens is 289 g/mol. The Morgan fingerprint density at radius 3 is 2.50 bits per heavy atom. The van der Waals surface area contributed by atoms with Gasteiger partial charge in [-0.25, -0.2) is 4.98 Å². The molecule has 0 spiro atoms. The second-order valence-electron chi connectivity index (χ2n) is 4.25. The minimum absolute atomic E-state index is 0.406. The van der Waals surface area contributed by atoms with E-state index >= 15 is 0 Å². The van der Waals surface area contributed by atoms with Crippen LogP contribution in [0.15, 0.2) is 47.9 Å². The van der Waals surface area contributed by atoms with Crippen molar-refractivity contribution in [2.24, 2.45) is 0 Å². The molecule has 20 heavy (non-hydrogen) atoms. The standard InChI is InChI=1S/C13H13F3N2OS/c14-13(15,16)10-1-3-12(4-2-10)20-8-11(19)7-18-6-5-17-9-18/h1-6,9,11,19H,7-8H2. The number of thioether (sulfide) groups is 1. The van der Waals surface area contributed by atoms with Gasteiger partial charge >= 0.3 is 6.18 Å². The van der Waals surface area contributed by atoms with Crippen LogP contribution in [0.5, 0.6) is 0 Å². The van der Waals surface area contributed by atoms with Crippen LogP contribution in [-0.4, -0.2) is 26.5 Å². The molecule has 1 aromatic heterocycles. The van der Waals surface area contributed by atoms with Gasteiger partial charge in [0.2, 0.25) is 0 Å². The van der Waals surface area contributed by atoms with Gasteiger partial charge in [-0.2, -0.15) is 13.2 Å². The summed E-state index contributed by atoms with van der Waals surface area (Å²) in [6, 6.07) is 4.92. The Morgan fingerprint density at radius 2 is 1.95 bits per heavy atom. The van der Waals surface area contributed by atoms with Gasteiger partial charge in [0, 0.05) is 23.0 Å². The van der Waals surface area contributed by atoms with Crippen LogP contribution >= 0.6 is 11.8 Å². The topological polar surface area (TPSA) is 38.0 Å². The van der Waals surface area contributed by atoms with Crippen molar-refractivity contribution >= 4 is 11.8 Å². The Bertz CT molecular complexity index is 526. The van der Waals surface area contributed by atoms with Gasteiger partial charge in [-0.1, -0.05) is 0 Å². The lowest BCUT2D eigenvalue weighted by Crippen LogP contribution is -2.17. The number of alkyl halides is 3. The molecule has 0 saturated heterocycles. The molecule has 108 valence electrons. The van der Waals surface area contributed by atoms with E-state index in [9.17, 15) is 18.3 Å². The third-order valence-electron chi connectivity index (χ3n) is 2.60. The van der Waals surface area contributed by atoms with Crippen LogP contribution in [0.1, 0.15) is 5.56 Å². The maximum absolute atomic E-state index is 12.4. The maximum Gasteiger partial charge on any atom is 0.416 e. The molecule has 1 unspecified atom stereocenters. The molecule has 0 amide bonds. The Hall–Kier alpha value is -1.47. The van der Waals surface area contributed by atoms with E-state index in [1.54, 1.807) is 23.3 Å². The molecule has 1 N–H and O–H groups in total. The number of aliphatic hydroxyl groups excluding tert-OH is 1. The van der Waals surface area contributed by atoms with Crippen molar-refractivity contribution < 1.29 is 18.3 Å². The highest BCUT2D eigenvalue weighted by Crippen LogP contribution is 2.30. The summed E-state index contributed by atoms with van der Waals surface area (Å²) in [7, 11) is 0. The molecule has 1 aromatic carbocycles. The van der Waals surface area contributed by atoms with E-state index in [1.165, 1.54) is 23.9 Å². The van der Waals surface area contributed by atoms with E-state index in [2.05, 4.69) is 4.98 Å². The van der Waals surface area contributed by atoms with Crippen molar-refractivity contribution in [3.63, 3.8) is 0 Å². The predicted octanol–water partition coefficient (Wildman–Crippen LogP) is 3.06. The van der Waals surface area contributed by atoms with Gasteiger partial charge in [-0.05, 0) is 24.3 Å². The van der Waals surface area contributed by atoms with E-state index in [0.29, 0.717) is 17.2 Å². The normalized spacial score (nSPS) is 13.4. The average Bonchev–Trinajstić information content (AvgIpc) is 2.88. The van der Waals surface area contributed by atoms with E-state index in [-0.39, 0.29) is 0 Å². The Labute approximate surface area is 118 Å². The van der Waals surface area contributed by atoms with Crippen LogP contribution in [0.25, 0.3) is 0 Å². The number of aromatic nitrogens is 2. The maximum atomic E-state index is 12.4. The highest BCUT2D eigenvalue weighted by Gasteiger charge is 2.29. The van der Waals surface area contributed by atoms with Gasteiger partial charge in [0.15, 0.2) is 0 Å². The van der Waals surface area contributed by atoms with Crippen molar-refractivity contribution in [2.75, 3.05) is 5.75 Å². The number of rotatable bonds is 5. The fraction of sp³-hybridized carbons (Fsp3) is 0.308. The van der Waals surface area contributed by atoms with Crippen LogP contribution in [0.4, 0.5) is 13.2 Å². The summed E-state index contributed by atoms with van der Waals surface area (Å²) in [6.45, 7) is 0.410. The van der Waals surface area contributed by atoms with Crippen LogP contribution in [0, 0.1) is 0 Å². The quantitative estimate of drug-likeness (QED) is 0.863. The summed E-state index contributed by atoms with van der Waals surface area (Å²) in [5.41, 5.74) is -0.666. The fourth-order valence-electron chi connectivity index (χ4n) is 1.62. The van der Waals surface area contributed by atoms with Gasteiger partial charge in [-0.3, -0.25) is 0 Å². The highest BCUT2D eigenvalue weighted by atomic mass is 32.2. The number of hydrogen-bond donors (Lipinski definition) is 1. The zero-order valence-electron chi connectivity index (χ0n) is 10.4. The van der Waals surface area contributed by atoms with E-state index in [4.69, 9.17) is 0 Å². The minimum atomic E-state index is -4.32. The van der Waals surface area contributed by atoms with Crippen LogP contribution in [-0.2, 0) is 12.7 Å². The zero-order valence-corrected chi connectivity index (χ0v) is 11.2. The van der Waals surface area contributed by atoms with Crippen LogP contribution in [0.2, 0.25) is 0 Å². The lowest BCUT2D eigenvalue weighted by Gasteiger charge is -2.11. The molecule has 0 radical (unpaired) electrons. The summed E-state index contributed by atoms with van der Waals surface area (Å²) in [6.07, 6.45) is 0.0641. The van der Waals surface area contributed by atoms with Gasteiger partial charge in [-0.15, -0.1) is 11.8 Å². The molecule has 0 bridgehead atoms. The first-order chi connectivity index (χ1) is 9.45. The number of benzene rings is 1. The minimum Gasteiger partial charge on any atom is -0.390 e. The summed E-state index contributed by atoms with van der Waals surface area (Å²) in [5, 5.41) is 9.82. The summed E-state index contributed by atoms with van der Waals surface area (Å²) >= 11 is 1.32. The second kappa shape index (κ2) is 6.32. The van der Waals surface area contributed by atoms with Crippen molar-refractivity contribution in [1.29, 1.82) is 0 Å². The third-order valence-corrected chi connectivity index (χ3v) is 3.76. The first kappa shape index (κ1) is 14.9. The summed E-state index contributed by atoms with van der Waals surface area (Å²) in [4.78, 5) is 4.56. The Kier molecular flexibility index (Phi) is 4.72. The molecule has 2 aromatic rings. The lowest BCUT2D eigenvalue weighted by atomic mass is 10.2. The number of hydrogen-bond acceptors (Lipinski definition) is 3. The number of nitrogens with zero attached hydrogens (tertiary/aromatic N) is 2. The van der Waals surface area contributed by atoms with E-state index in [0.717, 1.165) is 12.1 Å². The van der Waals surface area contributed by atoms with Gasteiger partial charge in [0.25, 0.3) is 0 Å². The Morgan fingerprint density at radius 1 is 1.25 bits per heavy atom. The van der Waals surface area contributed by atoms with Crippen molar-refractivity contribution in [3.05, 3.63) is 48.5 Å². The number of imidazole rings is 1. The van der Waals surface area contributed by atoms with Crippen molar-refractivity contribution in [3.8, 4) is 0 Å². The van der Waals surface area contributed by atoms with Crippen LogP contribution < -0.4 is 0 Å². The summed E-state index contributed by atoms with van der Waals surface area (Å²) < 4.78 is 38.9. The zero-order chi connectivity index (χ0) is 14.6. The van der Waals surface area contributed by atoms with Crippen LogP contribution in [0.3, 0.4) is 0 Å². The van der Waals surface area contributed by atoms with Crippen molar-refractivity contribution in [1.82, 2.24) is 9.55 Å². The second-order valence-corrected chi connectivity index (χ2v) is 5.34. The molecule has 0 aliphatic rings. The monoisotopic (exact) mass is 302 g/mol. The molecule has 2 rings (SSSR count). The summed E-state index contributed by atoms with van der Waals surface area (Å²) in [5.74, 6) is 0.406. The molecule has 1 atom stereocenters. The molecule has 0 aliphatic carbocycles. The average molecular weight is 302 g/mol. The van der Waals surface area contributed by atoms with Gasteiger partial charge in [0.1, 0.15) is 0 Å². The molecule has 7 heteroatoms. The first-order valence-electron chi connectivity index (χ1n) is 5.89. The smallest absolute Gasteiger partial charge is 0.390 e. The largest absolute Gasteiger partial charge is 0.416 e. The van der Waals surface area contributed by atoms with Gasteiger partial charge < -0.3 is 9.67 Å². The van der Waals surface area contributed by atoms with E-state index in [1.807, 2.05) is 0 Å². The lowest BCUT2D eigenvalue weighted by molar-refractivity contribution is -0.137. The predicted molar refractivity (Wildman–Crippen MR) is 70.4 cm³/mol. The molecule has 1 heterocycles. The fourth-order valence-corrected chi connectivity index (χ4v) is 2.44. The van der Waals surface area contributed by atoms with E-state index < -0.39 is 17.8 Å². The molecule has 0 aliphatic heterocycles. The SMILES string of the molecule is OC(CSc1ccc(C(F)(F)F)cc1)Cn1ccnc1. The third kappa shape index (κ3) is 4.28. The Balaban J connectivity index is 1.84. The molecule has 3 nitrogen and oxygen atoms in total. The van der Waals surface area contributed by atoms with Crippen molar-refractivity contribution in [2.45, 2.75) is 23.7 Å². The number of aliphatic hydroxyl groups is 1. The molecular formula is C13H13F3N2OS. The molecule has 0 fully saturated rings. The highest BCUT2D eigenvalue weighted by molar-refractivity contribution is 7.99. The molecule has 0 saturated carbocycles. The number of halogens is 3. The first-order valence-corrected chi connectivity index (χ1v) is 6.87.